The first-order valence-electron chi connectivity index (χ1n) is 7.93. The van der Waals surface area contributed by atoms with Crippen molar-refractivity contribution in [3.05, 3.63) is 78.4 Å². The van der Waals surface area contributed by atoms with Gasteiger partial charge in [0.1, 0.15) is 0 Å². The molecule has 0 amide bonds. The number of hydrogen-bond acceptors (Lipinski definition) is 9. The van der Waals surface area contributed by atoms with Gasteiger partial charge in [-0.25, -0.2) is 0 Å². The Balaban J connectivity index is 0.000000292. The number of nitrogens with one attached hydrogen (secondary N) is 1. The Morgan fingerprint density at radius 3 is 1.82 bits per heavy atom. The van der Waals surface area contributed by atoms with E-state index in [9.17, 15) is 30.3 Å². The van der Waals surface area contributed by atoms with Crippen molar-refractivity contribution >= 4 is 17.1 Å². The fourth-order valence-electron chi connectivity index (χ4n) is 2.05. The predicted molar refractivity (Wildman–Crippen MR) is 98.2 cm³/mol. The van der Waals surface area contributed by atoms with Crippen LogP contribution in [0.3, 0.4) is 0 Å². The van der Waals surface area contributed by atoms with Crippen LogP contribution in [0.5, 0.6) is 5.75 Å². The fraction of sp³-hybridized carbons (Fsp3) is 0.250. The van der Waals surface area contributed by atoms with Gasteiger partial charge in [-0.15, -0.1) is 0 Å². The first-order valence-corrected chi connectivity index (χ1v) is 7.93. The van der Waals surface area contributed by atoms with Gasteiger partial charge in [0.25, 0.3) is 11.4 Å². The van der Waals surface area contributed by atoms with E-state index in [4.69, 9.17) is 10.2 Å². The molecule has 0 saturated carbocycles. The lowest BCUT2D eigenvalue weighted by Gasteiger charge is -2.01. The largest absolute Gasteiger partial charge is 0.497 e. The summed E-state index contributed by atoms with van der Waals surface area (Å²) in [6, 6.07) is 11.2. The Labute approximate surface area is 158 Å². The summed E-state index contributed by atoms with van der Waals surface area (Å²) in [5, 5.41) is 51.8. The number of rotatable bonds is 8. The lowest BCUT2D eigenvalue weighted by molar-refractivity contribution is -0.404. The minimum atomic E-state index is -1.21. The average Bonchev–Trinajstić information content (AvgIpc) is 2.66. The molecule has 12 heteroatoms. The van der Waals surface area contributed by atoms with Gasteiger partial charge in [0.2, 0.25) is 0 Å². The molecule has 0 saturated heterocycles. The van der Waals surface area contributed by atoms with Crippen LogP contribution in [0.2, 0.25) is 0 Å². The Hall–Kier alpha value is -3.64. The highest BCUT2D eigenvalue weighted by atomic mass is 16.6. The third kappa shape index (κ3) is 6.93. The van der Waals surface area contributed by atoms with E-state index in [1.807, 2.05) is 18.2 Å². The summed E-state index contributed by atoms with van der Waals surface area (Å²) in [5.41, 5.74) is -1.67. The molecule has 0 aliphatic rings. The van der Waals surface area contributed by atoms with Crippen molar-refractivity contribution in [2.24, 2.45) is 0 Å². The normalized spacial score (nSPS) is 9.89. The number of nitro benzene ring substituents is 3. The molecular formula is C16H18N4O8. The molecule has 0 aromatic heterocycles. The van der Waals surface area contributed by atoms with Gasteiger partial charge in [-0.1, -0.05) is 30.3 Å². The monoisotopic (exact) mass is 394 g/mol. The van der Waals surface area contributed by atoms with Crippen LogP contribution in [-0.4, -0.2) is 44.7 Å². The van der Waals surface area contributed by atoms with Gasteiger partial charge >= 0.3 is 11.4 Å². The molecule has 0 radical (unpaired) electrons. The van der Waals surface area contributed by atoms with Gasteiger partial charge in [-0.2, -0.15) is 0 Å². The first-order chi connectivity index (χ1) is 13.3. The maximum Gasteiger partial charge on any atom is 0.324 e. The molecule has 0 fully saturated rings. The standard InChI is InChI=1S/C10H15NO.C6H3N3O7/c12-9-8-11-7-6-10-4-2-1-3-5-10;10-6-4(8(13)14)1-3(7(11)12)2-5(6)9(15)16/h1-5,11-12H,6-9H2;1-2,10H. The third-order valence-electron chi connectivity index (χ3n) is 3.38. The first kappa shape index (κ1) is 22.4. The summed E-state index contributed by atoms with van der Waals surface area (Å²) >= 11 is 0. The fourth-order valence-corrected chi connectivity index (χ4v) is 2.05. The van der Waals surface area contributed by atoms with Crippen LogP contribution in [-0.2, 0) is 6.42 Å². The number of phenolic OH excluding ortho intramolecular Hbond substituents is 1. The van der Waals surface area contributed by atoms with E-state index in [0.717, 1.165) is 13.0 Å². The summed E-state index contributed by atoms with van der Waals surface area (Å²) < 4.78 is 0. The SMILES string of the molecule is O=[N+]([O-])c1cc([N+](=O)[O-])c(O)c([N+](=O)[O-])c1.OCCNCCc1ccccc1. The molecule has 0 bridgehead atoms. The molecular weight excluding hydrogens is 376 g/mol. The Bertz CT molecular complexity index is 794. The molecule has 2 aromatic rings. The lowest BCUT2D eigenvalue weighted by Crippen LogP contribution is -2.20. The van der Waals surface area contributed by atoms with Crippen molar-refractivity contribution in [3.63, 3.8) is 0 Å². The quantitative estimate of drug-likeness (QED) is 0.342. The molecule has 28 heavy (non-hydrogen) atoms. The van der Waals surface area contributed by atoms with E-state index in [1.54, 1.807) is 0 Å². The van der Waals surface area contributed by atoms with Crippen LogP contribution < -0.4 is 5.32 Å². The predicted octanol–water partition coefficient (Wildman–Crippen LogP) is 1.93. The van der Waals surface area contributed by atoms with Crippen LogP contribution in [0.15, 0.2) is 42.5 Å². The highest BCUT2D eigenvalue weighted by Gasteiger charge is 2.30. The van der Waals surface area contributed by atoms with Crippen LogP contribution in [0.1, 0.15) is 5.56 Å². The van der Waals surface area contributed by atoms with Gasteiger partial charge < -0.3 is 15.5 Å². The van der Waals surface area contributed by atoms with Crippen LogP contribution in [0.25, 0.3) is 0 Å². The van der Waals surface area contributed by atoms with E-state index < -0.39 is 37.6 Å². The smallest absolute Gasteiger partial charge is 0.324 e. The minimum absolute atomic E-state index is 0.217. The van der Waals surface area contributed by atoms with Crippen molar-refractivity contribution in [1.82, 2.24) is 5.32 Å². The minimum Gasteiger partial charge on any atom is -0.497 e. The molecule has 0 spiro atoms. The molecule has 3 N–H and O–H groups in total. The number of aromatic hydroxyl groups is 1. The molecule has 0 heterocycles. The summed E-state index contributed by atoms with van der Waals surface area (Å²) in [6.07, 6.45) is 1.03. The Kier molecular flexibility index (Phi) is 8.92. The number of aliphatic hydroxyl groups excluding tert-OH is 1. The van der Waals surface area contributed by atoms with E-state index >= 15 is 0 Å². The van der Waals surface area contributed by atoms with Crippen molar-refractivity contribution in [1.29, 1.82) is 0 Å². The van der Waals surface area contributed by atoms with Crippen molar-refractivity contribution < 1.29 is 25.0 Å². The number of benzene rings is 2. The molecule has 12 nitrogen and oxygen atoms in total. The van der Waals surface area contributed by atoms with Crippen LogP contribution >= 0.6 is 0 Å². The number of hydrogen-bond donors (Lipinski definition) is 3. The lowest BCUT2D eigenvalue weighted by atomic mass is 10.1. The summed E-state index contributed by atoms with van der Waals surface area (Å²) in [5.74, 6) is -1.21. The maximum absolute atomic E-state index is 10.4. The van der Waals surface area contributed by atoms with Gasteiger partial charge in [0, 0.05) is 6.54 Å². The van der Waals surface area contributed by atoms with Gasteiger partial charge in [-0.05, 0) is 18.5 Å². The van der Waals surface area contributed by atoms with Crippen molar-refractivity contribution in [3.8, 4) is 5.75 Å². The van der Waals surface area contributed by atoms with Crippen molar-refractivity contribution in [2.75, 3.05) is 19.7 Å². The topological polar surface area (TPSA) is 182 Å². The summed E-state index contributed by atoms with van der Waals surface area (Å²) in [6.45, 7) is 1.84. The Morgan fingerprint density at radius 1 is 0.857 bits per heavy atom. The highest BCUT2D eigenvalue weighted by molar-refractivity contribution is 5.64. The summed E-state index contributed by atoms with van der Waals surface area (Å²) in [7, 11) is 0. The van der Waals surface area contributed by atoms with E-state index in [-0.39, 0.29) is 6.61 Å². The molecule has 2 rings (SSSR count). The zero-order valence-corrected chi connectivity index (χ0v) is 14.6. The molecule has 2 aromatic carbocycles. The molecule has 0 aliphatic heterocycles. The Morgan fingerprint density at radius 2 is 1.39 bits per heavy atom. The maximum atomic E-state index is 10.4. The van der Waals surface area contributed by atoms with E-state index in [0.29, 0.717) is 18.7 Å². The molecule has 0 unspecified atom stereocenters. The van der Waals surface area contributed by atoms with Gasteiger partial charge in [-0.3, -0.25) is 30.3 Å². The second kappa shape index (κ2) is 11.2. The third-order valence-corrected chi connectivity index (χ3v) is 3.38. The zero-order chi connectivity index (χ0) is 21.1. The second-order valence-corrected chi connectivity index (χ2v) is 5.31. The molecule has 0 atom stereocenters. The number of aliphatic hydroxyl groups is 1. The summed E-state index contributed by atoms with van der Waals surface area (Å²) in [4.78, 5) is 27.8. The molecule has 0 aliphatic carbocycles. The number of phenols is 1. The number of nitrogens with zero attached hydrogens (tertiary/aromatic N) is 3. The van der Waals surface area contributed by atoms with Gasteiger partial charge in [0.05, 0.1) is 33.5 Å². The van der Waals surface area contributed by atoms with Crippen LogP contribution in [0, 0.1) is 30.3 Å². The number of non-ortho nitro benzene ring substituents is 1. The van der Waals surface area contributed by atoms with Crippen molar-refractivity contribution in [2.45, 2.75) is 6.42 Å². The zero-order valence-electron chi connectivity index (χ0n) is 14.6. The molecule has 150 valence electrons. The highest BCUT2D eigenvalue weighted by Crippen LogP contribution is 2.38. The van der Waals surface area contributed by atoms with Crippen LogP contribution in [0.4, 0.5) is 17.1 Å². The van der Waals surface area contributed by atoms with E-state index in [1.165, 1.54) is 5.56 Å². The average molecular weight is 394 g/mol. The second-order valence-electron chi connectivity index (χ2n) is 5.31. The number of nitro groups is 3. The van der Waals surface area contributed by atoms with E-state index in [2.05, 4.69) is 17.4 Å². The van der Waals surface area contributed by atoms with Gasteiger partial charge in [0.15, 0.2) is 0 Å².